The first-order valence-electron chi connectivity index (χ1n) is 8.91. The molecule has 0 amide bonds. The summed E-state index contributed by atoms with van der Waals surface area (Å²) in [5.74, 6) is 0.278. The minimum absolute atomic E-state index is 0.0283. The fraction of sp³-hybridized carbons (Fsp3) is 0.211. The molecule has 0 radical (unpaired) electrons. The first-order chi connectivity index (χ1) is 14.5. The summed E-state index contributed by atoms with van der Waals surface area (Å²) in [6.07, 6.45) is -2.94. The van der Waals surface area contributed by atoms with Crippen molar-refractivity contribution in [2.24, 2.45) is 0 Å². The maximum absolute atomic E-state index is 12.9. The Hall–Kier alpha value is -2.50. The Bertz CT molecular complexity index is 1250. The van der Waals surface area contributed by atoms with Gasteiger partial charge in [-0.05, 0) is 37.3 Å². The predicted molar refractivity (Wildman–Crippen MR) is 113 cm³/mol. The number of aromatic nitrogens is 1. The molecule has 31 heavy (non-hydrogen) atoms. The molecule has 2 aromatic carbocycles. The SMILES string of the molecule is Cc1cnc(NS(=O)(=O)c2ccc3c(c2)OCCN3c2ccc(C(F)(F)F)cc2Cl)s1. The highest BCUT2D eigenvalue weighted by atomic mass is 35.5. The van der Waals surface area contributed by atoms with Crippen LogP contribution in [0.3, 0.4) is 0 Å². The number of sulfonamides is 1. The maximum atomic E-state index is 12.9. The van der Waals surface area contributed by atoms with Gasteiger partial charge in [-0.25, -0.2) is 13.4 Å². The van der Waals surface area contributed by atoms with Crippen LogP contribution in [0.15, 0.2) is 47.5 Å². The monoisotopic (exact) mass is 489 g/mol. The number of thiazole rings is 1. The van der Waals surface area contributed by atoms with Gasteiger partial charge in [-0.3, -0.25) is 4.72 Å². The molecule has 4 rings (SSSR count). The first-order valence-corrected chi connectivity index (χ1v) is 11.6. The van der Waals surface area contributed by atoms with Crippen LogP contribution in [0.4, 0.5) is 29.7 Å². The summed E-state index contributed by atoms with van der Waals surface area (Å²) >= 11 is 7.34. The summed E-state index contributed by atoms with van der Waals surface area (Å²) in [6.45, 7) is 2.34. The average Bonchev–Trinajstić information content (AvgIpc) is 3.10. The second-order valence-electron chi connectivity index (χ2n) is 6.68. The average molecular weight is 490 g/mol. The first kappa shape index (κ1) is 21.7. The van der Waals surface area contributed by atoms with Crippen molar-refractivity contribution in [3.63, 3.8) is 0 Å². The summed E-state index contributed by atoms with van der Waals surface area (Å²) in [5, 5.41) is 0.175. The number of fused-ring (bicyclic) bond motifs is 1. The number of nitrogens with one attached hydrogen (secondary N) is 1. The van der Waals surface area contributed by atoms with Crippen LogP contribution >= 0.6 is 22.9 Å². The van der Waals surface area contributed by atoms with Gasteiger partial charge in [0.2, 0.25) is 0 Å². The van der Waals surface area contributed by atoms with E-state index in [1.54, 1.807) is 11.1 Å². The summed E-state index contributed by atoms with van der Waals surface area (Å²) in [4.78, 5) is 6.51. The van der Waals surface area contributed by atoms with Crippen molar-refractivity contribution in [3.8, 4) is 5.75 Å². The van der Waals surface area contributed by atoms with Crippen molar-refractivity contribution in [1.82, 2.24) is 4.98 Å². The number of anilines is 3. The van der Waals surface area contributed by atoms with E-state index in [9.17, 15) is 21.6 Å². The largest absolute Gasteiger partial charge is 0.489 e. The molecule has 0 atom stereocenters. The quantitative estimate of drug-likeness (QED) is 0.527. The Morgan fingerprint density at radius 1 is 1.19 bits per heavy atom. The molecule has 0 fully saturated rings. The molecule has 1 aliphatic heterocycles. The molecule has 2 heterocycles. The number of rotatable bonds is 4. The van der Waals surface area contributed by atoms with E-state index in [-0.39, 0.29) is 27.4 Å². The topological polar surface area (TPSA) is 71.5 Å². The van der Waals surface area contributed by atoms with Gasteiger partial charge in [0, 0.05) is 17.1 Å². The zero-order chi connectivity index (χ0) is 22.4. The lowest BCUT2D eigenvalue weighted by molar-refractivity contribution is -0.137. The molecule has 164 valence electrons. The second-order valence-corrected chi connectivity index (χ2v) is 10.00. The van der Waals surface area contributed by atoms with Crippen molar-refractivity contribution in [1.29, 1.82) is 0 Å². The van der Waals surface area contributed by atoms with Crippen LogP contribution in [0.1, 0.15) is 10.4 Å². The Morgan fingerprint density at radius 2 is 1.94 bits per heavy atom. The number of hydrogen-bond donors (Lipinski definition) is 1. The van der Waals surface area contributed by atoms with Gasteiger partial charge in [0.15, 0.2) is 5.13 Å². The van der Waals surface area contributed by atoms with Gasteiger partial charge < -0.3 is 9.64 Å². The normalized spacial score (nSPS) is 14.2. The van der Waals surface area contributed by atoms with Crippen LogP contribution in [-0.2, 0) is 16.2 Å². The van der Waals surface area contributed by atoms with Gasteiger partial charge in [0.1, 0.15) is 12.4 Å². The molecule has 0 unspecified atom stereocenters. The number of nitrogens with zero attached hydrogens (tertiary/aromatic N) is 2. The van der Waals surface area contributed by atoms with Gasteiger partial charge in [0.25, 0.3) is 10.0 Å². The Labute approximate surface area is 185 Å². The van der Waals surface area contributed by atoms with Gasteiger partial charge in [-0.15, -0.1) is 11.3 Å². The fourth-order valence-electron chi connectivity index (χ4n) is 3.10. The number of halogens is 4. The van der Waals surface area contributed by atoms with E-state index >= 15 is 0 Å². The van der Waals surface area contributed by atoms with Crippen molar-refractivity contribution in [3.05, 3.63) is 58.1 Å². The van der Waals surface area contributed by atoms with Crippen LogP contribution < -0.4 is 14.4 Å². The number of alkyl halides is 3. The third-order valence-electron chi connectivity index (χ3n) is 4.51. The van der Waals surface area contributed by atoms with Gasteiger partial charge in [-0.2, -0.15) is 13.2 Å². The van der Waals surface area contributed by atoms with Crippen molar-refractivity contribution >= 4 is 49.5 Å². The number of ether oxygens (including phenoxy) is 1. The van der Waals surface area contributed by atoms with Crippen LogP contribution in [0.2, 0.25) is 5.02 Å². The van der Waals surface area contributed by atoms with Gasteiger partial charge >= 0.3 is 6.18 Å². The zero-order valence-corrected chi connectivity index (χ0v) is 18.3. The third-order valence-corrected chi connectivity index (χ3v) is 7.11. The van der Waals surface area contributed by atoms with Crippen LogP contribution in [0, 0.1) is 6.92 Å². The van der Waals surface area contributed by atoms with Crippen LogP contribution in [0.25, 0.3) is 0 Å². The maximum Gasteiger partial charge on any atom is 0.416 e. The molecule has 1 N–H and O–H groups in total. The van der Waals surface area contributed by atoms with Crippen molar-refractivity contribution in [2.45, 2.75) is 18.0 Å². The predicted octanol–water partition coefficient (Wildman–Crippen LogP) is 5.46. The lowest BCUT2D eigenvalue weighted by Crippen LogP contribution is -2.29. The summed E-state index contributed by atoms with van der Waals surface area (Å²) in [5.41, 5.74) is 0.0165. The summed E-state index contributed by atoms with van der Waals surface area (Å²) in [7, 11) is -3.90. The van der Waals surface area contributed by atoms with E-state index < -0.39 is 21.8 Å². The molecule has 3 aromatic rings. The molecule has 1 aromatic heterocycles. The Kier molecular flexibility index (Phi) is 5.52. The van der Waals surface area contributed by atoms with Gasteiger partial charge in [-0.1, -0.05) is 11.6 Å². The Balaban J connectivity index is 1.66. The fourth-order valence-corrected chi connectivity index (χ4v) is 5.30. The van der Waals surface area contributed by atoms with Gasteiger partial charge in [0.05, 0.1) is 33.4 Å². The molecular formula is C19H15ClF3N3O3S2. The third kappa shape index (κ3) is 4.43. The molecular weight excluding hydrogens is 475 g/mol. The van der Waals surface area contributed by atoms with E-state index in [4.69, 9.17) is 16.3 Å². The molecule has 0 saturated heterocycles. The molecule has 0 saturated carbocycles. The van der Waals surface area contributed by atoms with E-state index in [1.165, 1.54) is 35.6 Å². The van der Waals surface area contributed by atoms with Crippen molar-refractivity contribution in [2.75, 3.05) is 22.8 Å². The molecule has 0 spiro atoms. The Morgan fingerprint density at radius 3 is 2.58 bits per heavy atom. The highest BCUT2D eigenvalue weighted by Crippen LogP contribution is 2.42. The zero-order valence-electron chi connectivity index (χ0n) is 15.9. The van der Waals surface area contributed by atoms with Crippen LogP contribution in [0.5, 0.6) is 5.75 Å². The molecule has 0 bridgehead atoms. The summed E-state index contributed by atoms with van der Waals surface area (Å²) < 4.78 is 72.2. The minimum Gasteiger partial charge on any atom is -0.489 e. The van der Waals surface area contributed by atoms with Crippen molar-refractivity contribution < 1.29 is 26.3 Å². The number of aryl methyl sites for hydroxylation is 1. The smallest absolute Gasteiger partial charge is 0.416 e. The second kappa shape index (κ2) is 7.88. The van der Waals surface area contributed by atoms with Crippen LogP contribution in [-0.4, -0.2) is 26.6 Å². The molecule has 1 aliphatic rings. The van der Waals surface area contributed by atoms with E-state index in [0.717, 1.165) is 17.0 Å². The summed E-state index contributed by atoms with van der Waals surface area (Å²) in [6, 6.07) is 7.39. The highest BCUT2D eigenvalue weighted by Gasteiger charge is 2.32. The number of benzene rings is 2. The standard InChI is InChI=1S/C19H15ClF3N3O3S2/c1-11-10-24-18(30-11)25-31(27,28)13-3-5-16-17(9-13)29-7-6-26(16)15-4-2-12(8-14(15)20)19(21,22)23/h2-5,8-10H,6-7H2,1H3,(H,24,25). The molecule has 6 nitrogen and oxygen atoms in total. The van der Waals surface area contributed by atoms with E-state index in [2.05, 4.69) is 9.71 Å². The van der Waals surface area contributed by atoms with E-state index in [1.807, 2.05) is 6.92 Å². The highest BCUT2D eigenvalue weighted by molar-refractivity contribution is 7.93. The lowest BCUT2D eigenvalue weighted by Gasteiger charge is -2.32. The van der Waals surface area contributed by atoms with E-state index in [0.29, 0.717) is 17.9 Å². The molecule has 0 aliphatic carbocycles. The molecule has 12 heteroatoms. The lowest BCUT2D eigenvalue weighted by atomic mass is 10.1. The minimum atomic E-state index is -4.50. The number of hydrogen-bond acceptors (Lipinski definition) is 6.